The Kier molecular flexibility index (Phi) is 3.63. The van der Waals surface area contributed by atoms with Crippen molar-refractivity contribution in [2.75, 3.05) is 0 Å². The molecule has 6 aliphatic rings. The lowest BCUT2D eigenvalue weighted by Gasteiger charge is -2.61. The lowest BCUT2D eigenvalue weighted by Crippen LogP contribution is -2.64. The van der Waals surface area contributed by atoms with Crippen LogP contribution >= 0.6 is 17.0 Å². The molecule has 4 bridgehead atoms. The van der Waals surface area contributed by atoms with Gasteiger partial charge in [0, 0.05) is 6.04 Å². The maximum Gasteiger partial charge on any atom is 0.241 e. The summed E-state index contributed by atoms with van der Waals surface area (Å²) in [5.41, 5.74) is 5.71. The maximum absolute atomic E-state index is 13.1. The van der Waals surface area contributed by atoms with Crippen molar-refractivity contribution in [1.29, 1.82) is 5.26 Å². The second-order valence-electron chi connectivity index (χ2n) is 9.21. The van der Waals surface area contributed by atoms with Crippen molar-refractivity contribution in [3.05, 3.63) is 0 Å². The van der Waals surface area contributed by atoms with Gasteiger partial charge in [0.15, 0.2) is 0 Å². The fourth-order valence-electron chi connectivity index (χ4n) is 6.96. The number of carbonyl (C=O) groups excluding carboxylic acids is 1. The third-order valence-electron chi connectivity index (χ3n) is 7.51. The van der Waals surface area contributed by atoms with E-state index in [4.69, 9.17) is 5.73 Å². The van der Waals surface area contributed by atoms with Gasteiger partial charge in [0.2, 0.25) is 5.91 Å². The summed E-state index contributed by atoms with van der Waals surface area (Å²) in [5, 5.41) is 20.2. The van der Waals surface area contributed by atoms with E-state index in [1.54, 1.807) is 4.90 Å². The molecular formula is C18H26BrN3O2. The van der Waals surface area contributed by atoms with Crippen molar-refractivity contribution in [2.24, 2.45) is 28.9 Å². The summed E-state index contributed by atoms with van der Waals surface area (Å²) in [6.45, 7) is 0. The number of rotatable bonds is 2. The molecule has 5 nitrogen and oxygen atoms in total. The van der Waals surface area contributed by atoms with Gasteiger partial charge in [0.1, 0.15) is 6.04 Å². The van der Waals surface area contributed by atoms with E-state index in [1.807, 2.05) is 0 Å². The molecule has 1 heterocycles. The highest BCUT2D eigenvalue weighted by atomic mass is 79.9. The molecule has 1 saturated heterocycles. The van der Waals surface area contributed by atoms with Crippen molar-refractivity contribution < 1.29 is 9.90 Å². The van der Waals surface area contributed by atoms with Gasteiger partial charge < -0.3 is 15.7 Å². The molecule has 6 fully saturated rings. The molecular weight excluding hydrogens is 370 g/mol. The van der Waals surface area contributed by atoms with Crippen molar-refractivity contribution in [3.63, 3.8) is 0 Å². The van der Waals surface area contributed by atoms with Crippen LogP contribution in [0.25, 0.3) is 0 Å². The number of aliphatic hydroxyl groups is 1. The summed E-state index contributed by atoms with van der Waals surface area (Å²) in [6, 6.07) is 1.72. The number of nitriles is 1. The number of piperidine rings is 1. The van der Waals surface area contributed by atoms with E-state index in [1.165, 1.54) is 6.42 Å². The summed E-state index contributed by atoms with van der Waals surface area (Å²) in [7, 11) is 0. The topological polar surface area (TPSA) is 90.4 Å². The second-order valence-corrected chi connectivity index (χ2v) is 9.21. The normalized spacial score (nSPS) is 51.5. The number of nitrogens with zero attached hydrogens (tertiary/aromatic N) is 2. The zero-order chi connectivity index (χ0) is 16.0. The summed E-state index contributed by atoms with van der Waals surface area (Å²) in [5.74, 6) is 1.56. The molecule has 6 rings (SSSR count). The Labute approximate surface area is 153 Å². The van der Waals surface area contributed by atoms with Gasteiger partial charge in [0.05, 0.1) is 17.7 Å². The monoisotopic (exact) mass is 395 g/mol. The van der Waals surface area contributed by atoms with Crippen LogP contribution in [0.2, 0.25) is 0 Å². The van der Waals surface area contributed by atoms with Gasteiger partial charge >= 0.3 is 0 Å². The lowest BCUT2D eigenvalue weighted by molar-refractivity contribution is -0.177. The Balaban J connectivity index is 0.00000146. The average molecular weight is 396 g/mol. The molecule has 0 aromatic carbocycles. The number of nitrogens with two attached hydrogens (primary N) is 1. The quantitative estimate of drug-likeness (QED) is 0.744. The molecule has 0 aromatic heterocycles. The molecule has 6 heteroatoms. The van der Waals surface area contributed by atoms with E-state index < -0.39 is 11.6 Å². The predicted octanol–water partition coefficient (Wildman–Crippen LogP) is 1.74. The summed E-state index contributed by atoms with van der Waals surface area (Å²) in [4.78, 5) is 14.9. The third kappa shape index (κ3) is 2.21. The molecule has 2 unspecified atom stereocenters. The molecule has 1 amide bonds. The standard InChI is InChI=1S/C18H25N3O2.BrH/c19-8-13-2-12-3-14(12)21(13)16(22)15(20)17-4-10-1-11(5-17)7-18(23,6-10)9-17;/h10-15,23H,1-7,9,20H2;1H/t10-,11+,12-,13+,14+,15-,17?,18?;/m1./s1. The molecule has 3 N–H and O–H groups in total. The Morgan fingerprint density at radius 1 is 1.21 bits per heavy atom. The van der Waals surface area contributed by atoms with Crippen molar-refractivity contribution in [1.82, 2.24) is 4.90 Å². The van der Waals surface area contributed by atoms with E-state index in [0.29, 0.717) is 24.2 Å². The van der Waals surface area contributed by atoms with Gasteiger partial charge in [-0.15, -0.1) is 17.0 Å². The highest BCUT2D eigenvalue weighted by molar-refractivity contribution is 8.93. The highest BCUT2D eigenvalue weighted by Crippen LogP contribution is 2.63. The molecule has 5 aliphatic carbocycles. The molecule has 5 saturated carbocycles. The molecule has 0 aromatic rings. The maximum atomic E-state index is 13.1. The van der Waals surface area contributed by atoms with Crippen LogP contribution in [-0.2, 0) is 4.79 Å². The van der Waals surface area contributed by atoms with Crippen LogP contribution in [0.15, 0.2) is 0 Å². The van der Waals surface area contributed by atoms with Crippen LogP contribution in [0.4, 0.5) is 0 Å². The first-order valence-electron chi connectivity index (χ1n) is 9.13. The zero-order valence-corrected chi connectivity index (χ0v) is 15.6. The van der Waals surface area contributed by atoms with Gasteiger partial charge in [-0.25, -0.2) is 0 Å². The molecule has 132 valence electrons. The van der Waals surface area contributed by atoms with Crippen molar-refractivity contribution >= 4 is 22.9 Å². The Hall–Kier alpha value is -0.640. The Bertz CT molecular complexity index is 604. The minimum Gasteiger partial charge on any atom is -0.390 e. The number of hydrogen-bond donors (Lipinski definition) is 2. The first-order valence-corrected chi connectivity index (χ1v) is 9.13. The number of hydrogen-bond acceptors (Lipinski definition) is 4. The fraction of sp³-hybridized carbons (Fsp3) is 0.889. The zero-order valence-electron chi connectivity index (χ0n) is 13.9. The minimum atomic E-state index is -0.594. The van der Waals surface area contributed by atoms with Gasteiger partial charge in [0.25, 0.3) is 0 Å². The average Bonchev–Trinajstić information content (AvgIpc) is 3.14. The first kappa shape index (κ1) is 16.8. The molecule has 8 atom stereocenters. The highest BCUT2D eigenvalue weighted by Gasteiger charge is 2.62. The lowest BCUT2D eigenvalue weighted by atomic mass is 9.46. The van der Waals surface area contributed by atoms with E-state index in [9.17, 15) is 15.2 Å². The second kappa shape index (κ2) is 5.18. The number of likely N-dealkylation sites (tertiary alicyclic amines) is 1. The fourth-order valence-corrected chi connectivity index (χ4v) is 6.96. The summed E-state index contributed by atoms with van der Waals surface area (Å²) < 4.78 is 0. The number of amides is 1. The minimum absolute atomic E-state index is 0. The summed E-state index contributed by atoms with van der Waals surface area (Å²) in [6.07, 6.45) is 7.48. The first-order chi connectivity index (χ1) is 10.9. The van der Waals surface area contributed by atoms with E-state index in [2.05, 4.69) is 6.07 Å². The van der Waals surface area contributed by atoms with Crippen LogP contribution in [-0.4, -0.2) is 39.6 Å². The smallest absolute Gasteiger partial charge is 0.241 e. The van der Waals surface area contributed by atoms with Gasteiger partial charge in [-0.05, 0) is 74.5 Å². The number of fused-ring (bicyclic) bond motifs is 1. The third-order valence-corrected chi connectivity index (χ3v) is 7.51. The van der Waals surface area contributed by atoms with Crippen molar-refractivity contribution in [3.8, 4) is 6.07 Å². The summed E-state index contributed by atoms with van der Waals surface area (Å²) >= 11 is 0. The van der Waals surface area contributed by atoms with E-state index in [-0.39, 0.29) is 40.4 Å². The SMILES string of the molecule is Br.N#C[C@@H]1C[C@@H]2C[C@@H]2N1C(=O)[C@@H](N)C12C[C@@H]3C[C@@H](CC(O)(C3)C1)C2. The Morgan fingerprint density at radius 2 is 1.88 bits per heavy atom. The van der Waals surface area contributed by atoms with Crippen LogP contribution in [0.1, 0.15) is 51.4 Å². The van der Waals surface area contributed by atoms with Crippen LogP contribution in [0.5, 0.6) is 0 Å². The van der Waals surface area contributed by atoms with E-state index in [0.717, 1.165) is 38.5 Å². The van der Waals surface area contributed by atoms with E-state index >= 15 is 0 Å². The Morgan fingerprint density at radius 3 is 2.46 bits per heavy atom. The van der Waals surface area contributed by atoms with Crippen LogP contribution < -0.4 is 5.73 Å². The van der Waals surface area contributed by atoms with Crippen molar-refractivity contribution in [2.45, 2.75) is 75.1 Å². The number of halogens is 1. The van der Waals surface area contributed by atoms with Gasteiger partial charge in [-0.3, -0.25) is 4.79 Å². The predicted molar refractivity (Wildman–Crippen MR) is 93.1 cm³/mol. The molecule has 0 spiro atoms. The molecule has 1 aliphatic heterocycles. The molecule has 24 heavy (non-hydrogen) atoms. The van der Waals surface area contributed by atoms with Gasteiger partial charge in [-0.2, -0.15) is 5.26 Å². The van der Waals surface area contributed by atoms with Gasteiger partial charge in [-0.1, -0.05) is 0 Å². The number of carbonyl (C=O) groups is 1. The molecule has 0 radical (unpaired) electrons. The van der Waals surface area contributed by atoms with Crippen LogP contribution in [0, 0.1) is 34.5 Å². The van der Waals surface area contributed by atoms with Crippen LogP contribution in [0.3, 0.4) is 0 Å². The largest absolute Gasteiger partial charge is 0.390 e.